The van der Waals surface area contributed by atoms with E-state index in [2.05, 4.69) is 10.2 Å². The smallest absolute Gasteiger partial charge is 0.248 e. The van der Waals surface area contributed by atoms with E-state index in [1.165, 1.54) is 0 Å². The molecule has 4 heterocycles. The number of carbonyl (C=O) groups is 1. The second-order valence-corrected chi connectivity index (χ2v) is 6.71. The van der Waals surface area contributed by atoms with E-state index in [1.807, 2.05) is 27.8 Å². The summed E-state index contributed by atoms with van der Waals surface area (Å²) in [5.41, 5.74) is 0.939. The molecule has 1 amide bonds. The summed E-state index contributed by atoms with van der Waals surface area (Å²) in [4.78, 5) is 14.2. The second kappa shape index (κ2) is 7.06. The molecule has 6 nitrogen and oxygen atoms in total. The van der Waals surface area contributed by atoms with Crippen LogP contribution in [-0.2, 0) is 4.79 Å². The number of furan rings is 1. The first-order chi connectivity index (χ1) is 12.3. The molecule has 3 aromatic heterocycles. The van der Waals surface area contributed by atoms with Crippen molar-refractivity contribution in [3.63, 3.8) is 0 Å². The highest BCUT2D eigenvalue weighted by atomic mass is 32.1. The van der Waals surface area contributed by atoms with Gasteiger partial charge in [0, 0.05) is 30.1 Å². The van der Waals surface area contributed by atoms with Crippen LogP contribution in [-0.4, -0.2) is 34.1 Å². The lowest BCUT2D eigenvalue weighted by Gasteiger charge is -2.30. The Morgan fingerprint density at radius 1 is 1.36 bits per heavy atom. The third kappa shape index (κ3) is 3.56. The van der Waals surface area contributed by atoms with Crippen LogP contribution in [0.1, 0.15) is 30.4 Å². The van der Waals surface area contributed by atoms with Crippen molar-refractivity contribution < 1.29 is 13.6 Å². The van der Waals surface area contributed by atoms with Gasteiger partial charge in [-0.25, -0.2) is 0 Å². The molecular weight excluding hydrogens is 338 g/mol. The Morgan fingerprint density at radius 2 is 2.32 bits per heavy atom. The fourth-order valence-electron chi connectivity index (χ4n) is 2.93. The lowest BCUT2D eigenvalue weighted by molar-refractivity contribution is -0.127. The third-order valence-electron chi connectivity index (χ3n) is 4.22. The Morgan fingerprint density at radius 3 is 3.12 bits per heavy atom. The zero-order valence-corrected chi connectivity index (χ0v) is 14.3. The monoisotopic (exact) mass is 355 g/mol. The molecule has 0 N–H and O–H groups in total. The number of nitrogens with zero attached hydrogens (tertiary/aromatic N) is 3. The van der Waals surface area contributed by atoms with Crippen LogP contribution in [0, 0.1) is 0 Å². The van der Waals surface area contributed by atoms with E-state index in [4.69, 9.17) is 8.83 Å². The van der Waals surface area contributed by atoms with E-state index < -0.39 is 0 Å². The maximum Gasteiger partial charge on any atom is 0.248 e. The molecule has 1 fully saturated rings. The average Bonchev–Trinajstić information content (AvgIpc) is 3.41. The average molecular weight is 355 g/mol. The van der Waals surface area contributed by atoms with Crippen LogP contribution in [0.3, 0.4) is 0 Å². The van der Waals surface area contributed by atoms with E-state index in [9.17, 15) is 4.79 Å². The summed E-state index contributed by atoms with van der Waals surface area (Å²) in [6, 6.07) is 5.56. The van der Waals surface area contributed by atoms with Gasteiger partial charge in [0.1, 0.15) is 5.76 Å². The highest BCUT2D eigenvalue weighted by Crippen LogP contribution is 2.29. The SMILES string of the molecule is O=C(/C=C/c1ccco1)N1CCC[C@@H](c2nnc(-c3ccsc3)o2)C1. The molecule has 4 rings (SSSR count). The van der Waals surface area contributed by atoms with E-state index >= 15 is 0 Å². The van der Waals surface area contributed by atoms with Gasteiger partial charge >= 0.3 is 0 Å². The molecule has 1 aliphatic rings. The van der Waals surface area contributed by atoms with Crippen LogP contribution in [0.4, 0.5) is 0 Å². The van der Waals surface area contributed by atoms with Gasteiger partial charge in [0.25, 0.3) is 0 Å². The molecule has 1 saturated heterocycles. The number of likely N-dealkylation sites (tertiary alicyclic amines) is 1. The number of hydrogen-bond acceptors (Lipinski definition) is 6. The molecule has 0 aromatic carbocycles. The number of aromatic nitrogens is 2. The van der Waals surface area contributed by atoms with Gasteiger partial charge in [0.2, 0.25) is 17.7 Å². The Kier molecular flexibility index (Phi) is 4.47. The van der Waals surface area contributed by atoms with Crippen molar-refractivity contribution in [2.24, 2.45) is 0 Å². The van der Waals surface area contributed by atoms with Crippen LogP contribution in [0.2, 0.25) is 0 Å². The molecule has 25 heavy (non-hydrogen) atoms. The normalized spacial score (nSPS) is 18.1. The van der Waals surface area contributed by atoms with Gasteiger partial charge < -0.3 is 13.7 Å². The van der Waals surface area contributed by atoms with Crippen LogP contribution in [0.25, 0.3) is 17.5 Å². The van der Waals surface area contributed by atoms with E-state index in [0.717, 1.165) is 24.9 Å². The van der Waals surface area contributed by atoms with Crippen molar-refractivity contribution in [1.82, 2.24) is 15.1 Å². The molecule has 0 spiro atoms. The number of thiophene rings is 1. The summed E-state index contributed by atoms with van der Waals surface area (Å²) in [7, 11) is 0. The molecule has 0 aliphatic carbocycles. The molecule has 3 aromatic rings. The van der Waals surface area contributed by atoms with E-state index in [0.29, 0.717) is 24.1 Å². The van der Waals surface area contributed by atoms with Crippen LogP contribution in [0.15, 0.2) is 50.1 Å². The molecule has 1 aliphatic heterocycles. The van der Waals surface area contributed by atoms with Crippen molar-refractivity contribution in [3.05, 3.63) is 52.9 Å². The topological polar surface area (TPSA) is 72.4 Å². The zero-order chi connectivity index (χ0) is 17.1. The van der Waals surface area contributed by atoms with Gasteiger partial charge in [0.05, 0.1) is 12.2 Å². The first-order valence-electron chi connectivity index (χ1n) is 8.16. The zero-order valence-electron chi connectivity index (χ0n) is 13.5. The van der Waals surface area contributed by atoms with Gasteiger partial charge in [-0.05, 0) is 42.5 Å². The van der Waals surface area contributed by atoms with Crippen molar-refractivity contribution >= 4 is 23.3 Å². The lowest BCUT2D eigenvalue weighted by Crippen LogP contribution is -2.38. The molecule has 1 atom stereocenters. The first-order valence-corrected chi connectivity index (χ1v) is 9.10. The largest absolute Gasteiger partial charge is 0.465 e. The van der Waals surface area contributed by atoms with Gasteiger partial charge in [-0.2, -0.15) is 11.3 Å². The fraction of sp³-hybridized carbons (Fsp3) is 0.278. The molecule has 128 valence electrons. The Balaban J connectivity index is 1.43. The summed E-state index contributed by atoms with van der Waals surface area (Å²) < 4.78 is 11.0. The van der Waals surface area contributed by atoms with Gasteiger partial charge in [-0.3, -0.25) is 4.79 Å². The third-order valence-corrected chi connectivity index (χ3v) is 4.91. The number of amides is 1. The summed E-state index contributed by atoms with van der Waals surface area (Å²) in [6.45, 7) is 1.33. The van der Waals surface area contributed by atoms with Crippen molar-refractivity contribution in [2.75, 3.05) is 13.1 Å². The summed E-state index contributed by atoms with van der Waals surface area (Å²) in [5.74, 6) is 1.86. The number of carbonyl (C=O) groups excluding carboxylic acids is 1. The van der Waals surface area contributed by atoms with Gasteiger partial charge in [0.15, 0.2) is 0 Å². The predicted octanol–water partition coefficient (Wildman–Crippen LogP) is 3.81. The Hall–Kier alpha value is -2.67. The number of hydrogen-bond donors (Lipinski definition) is 0. The van der Waals surface area contributed by atoms with Gasteiger partial charge in [-0.1, -0.05) is 0 Å². The second-order valence-electron chi connectivity index (χ2n) is 5.93. The molecule has 7 heteroatoms. The highest BCUT2D eigenvalue weighted by Gasteiger charge is 2.27. The van der Waals surface area contributed by atoms with Crippen molar-refractivity contribution in [3.8, 4) is 11.5 Å². The quantitative estimate of drug-likeness (QED) is 0.666. The van der Waals surface area contributed by atoms with E-state index in [1.54, 1.807) is 35.8 Å². The summed E-state index contributed by atoms with van der Waals surface area (Å²) in [6.07, 6.45) is 6.68. The van der Waals surface area contributed by atoms with Crippen LogP contribution < -0.4 is 0 Å². The van der Waals surface area contributed by atoms with E-state index in [-0.39, 0.29) is 11.8 Å². The van der Waals surface area contributed by atoms with Crippen molar-refractivity contribution in [2.45, 2.75) is 18.8 Å². The van der Waals surface area contributed by atoms with Crippen LogP contribution in [0.5, 0.6) is 0 Å². The first kappa shape index (κ1) is 15.8. The van der Waals surface area contributed by atoms with Crippen LogP contribution >= 0.6 is 11.3 Å². The Bertz CT molecular complexity index is 852. The summed E-state index contributed by atoms with van der Waals surface area (Å²) in [5, 5.41) is 12.3. The standard InChI is InChI=1S/C18H17N3O3S/c22-16(6-5-15-4-2-9-23-15)21-8-1-3-13(11-21)17-19-20-18(24-17)14-7-10-25-12-14/h2,4-7,9-10,12-13H,1,3,8,11H2/b6-5+/t13-/m1/s1. The molecule has 0 unspecified atom stereocenters. The molecule has 0 bridgehead atoms. The minimum absolute atomic E-state index is 0.0290. The maximum absolute atomic E-state index is 12.4. The Labute approximate surface area is 148 Å². The molecular formula is C18H17N3O3S. The lowest BCUT2D eigenvalue weighted by atomic mass is 9.98. The fourth-order valence-corrected chi connectivity index (χ4v) is 3.56. The number of piperidine rings is 1. The maximum atomic E-state index is 12.4. The minimum Gasteiger partial charge on any atom is -0.465 e. The number of rotatable bonds is 4. The molecule has 0 radical (unpaired) electrons. The highest BCUT2D eigenvalue weighted by molar-refractivity contribution is 7.08. The van der Waals surface area contributed by atoms with Crippen molar-refractivity contribution in [1.29, 1.82) is 0 Å². The molecule has 0 saturated carbocycles. The summed E-state index contributed by atoms with van der Waals surface area (Å²) >= 11 is 1.59. The van der Waals surface area contributed by atoms with Gasteiger partial charge in [-0.15, -0.1) is 10.2 Å². The minimum atomic E-state index is -0.0290. The predicted molar refractivity (Wildman–Crippen MR) is 93.9 cm³/mol.